The number of carbonyl (C=O) groups excluding carboxylic acids is 1. The molecule has 0 aromatic heterocycles. The van der Waals surface area contributed by atoms with E-state index in [2.05, 4.69) is 10.6 Å². The summed E-state index contributed by atoms with van der Waals surface area (Å²) in [6, 6.07) is 9.75. The highest BCUT2D eigenvalue weighted by molar-refractivity contribution is 5.97. The van der Waals surface area contributed by atoms with Gasteiger partial charge in [-0.25, -0.2) is 0 Å². The number of nitrogens with one attached hydrogen (secondary N) is 2. The summed E-state index contributed by atoms with van der Waals surface area (Å²) < 4.78 is 0. The molecule has 2 N–H and O–H groups in total. The standard InChI is InChI=1S/C15H18N4O/c1-12-3-2-4-14(9-12)18-11-13(10-16)15(20)19-7-5-17-6-8-19/h2-4,9,11,17-18H,5-8H2,1H3/b13-11-. The predicted molar refractivity (Wildman–Crippen MR) is 77.9 cm³/mol. The SMILES string of the molecule is Cc1cccc(N/C=C(/C#N)C(=O)N2CCNCC2)c1. The Morgan fingerprint density at radius 2 is 2.20 bits per heavy atom. The summed E-state index contributed by atoms with van der Waals surface area (Å²) in [5.74, 6) is -0.214. The molecule has 0 bridgehead atoms. The van der Waals surface area contributed by atoms with Crippen LogP contribution in [0.3, 0.4) is 0 Å². The molecule has 1 aliphatic heterocycles. The van der Waals surface area contributed by atoms with Crippen LogP contribution in [0.25, 0.3) is 0 Å². The smallest absolute Gasteiger partial charge is 0.266 e. The van der Waals surface area contributed by atoms with Gasteiger partial charge in [0.15, 0.2) is 0 Å². The molecule has 1 amide bonds. The summed E-state index contributed by atoms with van der Waals surface area (Å²) in [4.78, 5) is 13.9. The number of benzene rings is 1. The van der Waals surface area contributed by atoms with Crippen molar-refractivity contribution in [1.82, 2.24) is 10.2 Å². The lowest BCUT2D eigenvalue weighted by Gasteiger charge is -2.27. The van der Waals surface area contributed by atoms with Crippen molar-refractivity contribution in [3.05, 3.63) is 41.6 Å². The first-order valence-electron chi connectivity index (χ1n) is 6.64. The zero-order chi connectivity index (χ0) is 14.4. The van der Waals surface area contributed by atoms with Crippen LogP contribution < -0.4 is 10.6 Å². The van der Waals surface area contributed by atoms with E-state index in [1.54, 1.807) is 4.90 Å². The van der Waals surface area contributed by atoms with Crippen LogP contribution >= 0.6 is 0 Å². The minimum atomic E-state index is -0.214. The van der Waals surface area contributed by atoms with E-state index in [0.29, 0.717) is 13.1 Å². The van der Waals surface area contributed by atoms with E-state index in [4.69, 9.17) is 5.26 Å². The molecular formula is C15H18N4O. The summed E-state index contributed by atoms with van der Waals surface area (Å²) in [6.07, 6.45) is 1.49. The average Bonchev–Trinajstić information content (AvgIpc) is 2.48. The Bertz CT molecular complexity index is 553. The van der Waals surface area contributed by atoms with E-state index >= 15 is 0 Å². The van der Waals surface area contributed by atoms with Crippen LogP contribution in [-0.4, -0.2) is 37.0 Å². The predicted octanol–water partition coefficient (Wildman–Crippen LogP) is 1.25. The maximum atomic E-state index is 12.2. The number of nitrogens with zero attached hydrogens (tertiary/aromatic N) is 2. The van der Waals surface area contributed by atoms with Crippen LogP contribution in [0.15, 0.2) is 36.0 Å². The van der Waals surface area contributed by atoms with Gasteiger partial charge in [-0.1, -0.05) is 12.1 Å². The number of amides is 1. The average molecular weight is 270 g/mol. The molecule has 5 nitrogen and oxygen atoms in total. The molecule has 104 valence electrons. The van der Waals surface area contributed by atoms with Crippen LogP contribution in [0.1, 0.15) is 5.56 Å². The molecule has 0 spiro atoms. The van der Waals surface area contributed by atoms with Gasteiger partial charge in [0.1, 0.15) is 11.6 Å². The van der Waals surface area contributed by atoms with E-state index in [0.717, 1.165) is 24.3 Å². The molecule has 1 aliphatic rings. The van der Waals surface area contributed by atoms with Gasteiger partial charge in [-0.05, 0) is 24.6 Å². The number of hydrogen-bond acceptors (Lipinski definition) is 4. The minimum Gasteiger partial charge on any atom is -0.360 e. The molecule has 1 aromatic rings. The molecule has 1 saturated heterocycles. The Morgan fingerprint density at radius 3 is 2.85 bits per heavy atom. The summed E-state index contributed by atoms with van der Waals surface area (Å²) >= 11 is 0. The second-order valence-electron chi connectivity index (χ2n) is 4.73. The van der Waals surface area contributed by atoms with Gasteiger partial charge in [-0.3, -0.25) is 4.79 Å². The van der Waals surface area contributed by atoms with E-state index < -0.39 is 0 Å². The van der Waals surface area contributed by atoms with Crippen molar-refractivity contribution < 1.29 is 4.79 Å². The third kappa shape index (κ3) is 3.59. The maximum absolute atomic E-state index is 12.2. The number of piperazine rings is 1. The number of anilines is 1. The monoisotopic (exact) mass is 270 g/mol. The number of aryl methyl sites for hydroxylation is 1. The molecule has 1 heterocycles. The fraction of sp³-hybridized carbons (Fsp3) is 0.333. The molecule has 2 rings (SSSR count). The normalized spacial score (nSPS) is 15.6. The second kappa shape index (κ2) is 6.73. The Hall–Kier alpha value is -2.32. The van der Waals surface area contributed by atoms with E-state index in [1.807, 2.05) is 37.3 Å². The Balaban J connectivity index is 2.05. The van der Waals surface area contributed by atoms with Gasteiger partial charge in [0.05, 0.1) is 0 Å². The van der Waals surface area contributed by atoms with Crippen LogP contribution in [0.2, 0.25) is 0 Å². The van der Waals surface area contributed by atoms with Crippen LogP contribution in [0, 0.1) is 18.3 Å². The fourth-order valence-corrected chi connectivity index (χ4v) is 2.07. The Morgan fingerprint density at radius 1 is 1.45 bits per heavy atom. The largest absolute Gasteiger partial charge is 0.360 e. The molecule has 0 aliphatic carbocycles. The van der Waals surface area contributed by atoms with Crippen molar-refractivity contribution in [3.8, 4) is 6.07 Å². The van der Waals surface area contributed by atoms with Gasteiger partial charge >= 0.3 is 0 Å². The summed E-state index contributed by atoms with van der Waals surface area (Å²) in [6.45, 7) is 4.82. The third-order valence-corrected chi connectivity index (χ3v) is 3.16. The summed E-state index contributed by atoms with van der Waals surface area (Å²) in [7, 11) is 0. The van der Waals surface area contributed by atoms with Crippen molar-refractivity contribution in [3.63, 3.8) is 0 Å². The van der Waals surface area contributed by atoms with Crippen molar-refractivity contribution >= 4 is 11.6 Å². The zero-order valence-corrected chi connectivity index (χ0v) is 11.5. The second-order valence-corrected chi connectivity index (χ2v) is 4.73. The lowest BCUT2D eigenvalue weighted by atomic mass is 10.2. The Kier molecular flexibility index (Phi) is 4.75. The molecule has 0 saturated carbocycles. The highest BCUT2D eigenvalue weighted by Gasteiger charge is 2.19. The zero-order valence-electron chi connectivity index (χ0n) is 11.5. The molecule has 0 atom stereocenters. The number of hydrogen-bond donors (Lipinski definition) is 2. The van der Waals surface area contributed by atoms with Crippen molar-refractivity contribution in [2.45, 2.75) is 6.92 Å². The maximum Gasteiger partial charge on any atom is 0.266 e. The number of rotatable bonds is 3. The van der Waals surface area contributed by atoms with Gasteiger partial charge in [-0.15, -0.1) is 0 Å². The van der Waals surface area contributed by atoms with Crippen molar-refractivity contribution in [2.75, 3.05) is 31.5 Å². The minimum absolute atomic E-state index is 0.133. The first-order chi connectivity index (χ1) is 9.70. The van der Waals surface area contributed by atoms with Gasteiger partial charge in [0, 0.05) is 38.1 Å². The summed E-state index contributed by atoms with van der Waals surface area (Å²) in [5, 5.41) is 15.3. The lowest BCUT2D eigenvalue weighted by Crippen LogP contribution is -2.46. The molecule has 5 heteroatoms. The highest BCUT2D eigenvalue weighted by atomic mass is 16.2. The first kappa shape index (κ1) is 14.1. The summed E-state index contributed by atoms with van der Waals surface area (Å²) in [5.41, 5.74) is 2.12. The topological polar surface area (TPSA) is 68.2 Å². The van der Waals surface area contributed by atoms with Gasteiger partial charge < -0.3 is 15.5 Å². The molecule has 0 unspecified atom stereocenters. The molecule has 1 aromatic carbocycles. The van der Waals surface area contributed by atoms with Crippen molar-refractivity contribution in [2.24, 2.45) is 0 Å². The first-order valence-corrected chi connectivity index (χ1v) is 6.64. The van der Waals surface area contributed by atoms with Gasteiger partial charge in [0.2, 0.25) is 0 Å². The van der Waals surface area contributed by atoms with Crippen molar-refractivity contribution in [1.29, 1.82) is 5.26 Å². The van der Waals surface area contributed by atoms with Crippen LogP contribution in [0.4, 0.5) is 5.69 Å². The van der Waals surface area contributed by atoms with E-state index in [9.17, 15) is 4.79 Å². The Labute approximate surface area is 118 Å². The van der Waals surface area contributed by atoms with Gasteiger partial charge in [-0.2, -0.15) is 5.26 Å². The van der Waals surface area contributed by atoms with Gasteiger partial charge in [0.25, 0.3) is 5.91 Å². The molecule has 1 fully saturated rings. The quantitative estimate of drug-likeness (QED) is 0.640. The van der Waals surface area contributed by atoms with E-state index in [-0.39, 0.29) is 11.5 Å². The third-order valence-electron chi connectivity index (χ3n) is 3.16. The fourth-order valence-electron chi connectivity index (χ4n) is 2.07. The molecular weight excluding hydrogens is 252 g/mol. The highest BCUT2D eigenvalue weighted by Crippen LogP contribution is 2.11. The number of nitriles is 1. The van der Waals surface area contributed by atoms with E-state index in [1.165, 1.54) is 6.20 Å². The molecule has 0 radical (unpaired) electrons. The van der Waals surface area contributed by atoms with Crippen LogP contribution in [0.5, 0.6) is 0 Å². The lowest BCUT2D eigenvalue weighted by molar-refractivity contribution is -0.127. The molecule has 20 heavy (non-hydrogen) atoms. The number of carbonyl (C=O) groups is 1. The van der Waals surface area contributed by atoms with Crippen LogP contribution in [-0.2, 0) is 4.79 Å².